The second kappa shape index (κ2) is 8.81. The number of nitrogens with one attached hydrogen (secondary N) is 1. The summed E-state index contributed by atoms with van der Waals surface area (Å²) in [6.07, 6.45) is -4.93. The van der Waals surface area contributed by atoms with Gasteiger partial charge in [-0.05, 0) is 31.5 Å². The number of ketones is 1. The van der Waals surface area contributed by atoms with Gasteiger partial charge in [0.15, 0.2) is 11.5 Å². The Labute approximate surface area is 180 Å². The van der Waals surface area contributed by atoms with Gasteiger partial charge in [0.2, 0.25) is 5.88 Å². The van der Waals surface area contributed by atoms with E-state index in [0.29, 0.717) is 11.1 Å². The molecular formula is C22H19F4N3O3. The van der Waals surface area contributed by atoms with E-state index in [-0.39, 0.29) is 11.5 Å². The van der Waals surface area contributed by atoms with Gasteiger partial charge in [0, 0.05) is 18.7 Å². The molecule has 0 saturated heterocycles. The summed E-state index contributed by atoms with van der Waals surface area (Å²) < 4.78 is 60.4. The lowest BCUT2D eigenvalue weighted by Gasteiger charge is -2.16. The molecular weight excluding hydrogens is 430 g/mol. The van der Waals surface area contributed by atoms with Gasteiger partial charge in [-0.3, -0.25) is 9.59 Å². The van der Waals surface area contributed by atoms with E-state index in [9.17, 15) is 27.2 Å². The van der Waals surface area contributed by atoms with Crippen LogP contribution in [0.5, 0.6) is 11.6 Å². The van der Waals surface area contributed by atoms with Gasteiger partial charge in [0.05, 0.1) is 6.04 Å². The number of halogens is 4. The van der Waals surface area contributed by atoms with Crippen LogP contribution >= 0.6 is 0 Å². The fourth-order valence-corrected chi connectivity index (χ4v) is 3.03. The summed E-state index contributed by atoms with van der Waals surface area (Å²) in [5.74, 6) is -2.45. The average Bonchev–Trinajstić information content (AvgIpc) is 3.04. The number of hydrogen-bond donors (Lipinski definition) is 1. The molecule has 1 heterocycles. The molecule has 0 radical (unpaired) electrons. The van der Waals surface area contributed by atoms with Crippen LogP contribution in [0.25, 0.3) is 0 Å². The number of aromatic nitrogens is 2. The van der Waals surface area contributed by atoms with Crippen molar-refractivity contribution in [2.24, 2.45) is 7.05 Å². The number of benzene rings is 2. The fourth-order valence-electron chi connectivity index (χ4n) is 3.03. The number of carbonyl (C=O) groups excluding carboxylic acids is 2. The van der Waals surface area contributed by atoms with Crippen molar-refractivity contribution in [1.82, 2.24) is 15.1 Å². The van der Waals surface area contributed by atoms with Crippen molar-refractivity contribution in [3.05, 3.63) is 76.7 Å². The van der Waals surface area contributed by atoms with E-state index in [2.05, 4.69) is 10.4 Å². The molecule has 168 valence electrons. The van der Waals surface area contributed by atoms with Crippen LogP contribution in [0.15, 0.2) is 48.5 Å². The topological polar surface area (TPSA) is 73.2 Å². The molecule has 1 N–H and O–H groups in total. The number of hydrogen-bond acceptors (Lipinski definition) is 4. The first-order valence-electron chi connectivity index (χ1n) is 9.46. The third kappa shape index (κ3) is 4.96. The molecule has 0 fully saturated rings. The summed E-state index contributed by atoms with van der Waals surface area (Å²) in [5.41, 5.74) is -1.21. The fraction of sp³-hybridized carbons (Fsp3) is 0.227. The lowest BCUT2D eigenvalue weighted by Crippen LogP contribution is -2.28. The average molecular weight is 449 g/mol. The second-order valence-electron chi connectivity index (χ2n) is 7.08. The van der Waals surface area contributed by atoms with Crippen molar-refractivity contribution in [3.63, 3.8) is 0 Å². The molecule has 0 aliphatic carbocycles. The number of nitrogens with zero attached hydrogens (tertiary/aromatic N) is 2. The quantitative estimate of drug-likeness (QED) is 0.422. The number of ether oxygens (including phenoxy) is 1. The van der Waals surface area contributed by atoms with Gasteiger partial charge in [-0.1, -0.05) is 30.3 Å². The molecule has 1 aromatic heterocycles. The summed E-state index contributed by atoms with van der Waals surface area (Å²) in [6.45, 7) is 2.98. The lowest BCUT2D eigenvalue weighted by atomic mass is 10.0. The predicted octanol–water partition coefficient (Wildman–Crippen LogP) is 5.06. The van der Waals surface area contributed by atoms with Crippen LogP contribution in [-0.2, 0) is 13.2 Å². The Hall–Kier alpha value is -3.69. The first kappa shape index (κ1) is 23.0. The van der Waals surface area contributed by atoms with Crippen LogP contribution in [0.4, 0.5) is 17.6 Å². The Bertz CT molecular complexity index is 1150. The second-order valence-corrected chi connectivity index (χ2v) is 7.08. The zero-order valence-electron chi connectivity index (χ0n) is 17.3. The Morgan fingerprint density at radius 2 is 1.78 bits per heavy atom. The van der Waals surface area contributed by atoms with Gasteiger partial charge in [-0.15, -0.1) is 0 Å². The van der Waals surface area contributed by atoms with Crippen LogP contribution < -0.4 is 10.1 Å². The zero-order chi connectivity index (χ0) is 23.6. The van der Waals surface area contributed by atoms with E-state index >= 15 is 0 Å². The van der Waals surface area contributed by atoms with Crippen molar-refractivity contribution < 1.29 is 31.9 Å². The Balaban J connectivity index is 1.95. The lowest BCUT2D eigenvalue weighted by molar-refractivity contribution is -0.141. The van der Waals surface area contributed by atoms with Gasteiger partial charge in [0.25, 0.3) is 5.91 Å². The number of Topliss-reactive ketones (excluding diaryl/α,β-unsaturated/α-hetero) is 1. The van der Waals surface area contributed by atoms with Crippen LogP contribution in [-0.4, -0.2) is 21.5 Å². The molecule has 0 aliphatic rings. The molecule has 3 aromatic rings. The van der Waals surface area contributed by atoms with Gasteiger partial charge in [-0.2, -0.15) is 18.3 Å². The highest BCUT2D eigenvalue weighted by molar-refractivity contribution is 5.98. The van der Waals surface area contributed by atoms with Crippen molar-refractivity contribution in [2.75, 3.05) is 0 Å². The highest BCUT2D eigenvalue weighted by Gasteiger charge is 2.42. The molecule has 0 bridgehead atoms. The Kier molecular flexibility index (Phi) is 6.33. The molecule has 3 rings (SSSR count). The summed E-state index contributed by atoms with van der Waals surface area (Å²) in [5, 5.41) is 5.90. The molecule has 0 unspecified atom stereocenters. The smallest absolute Gasteiger partial charge is 0.436 e. The van der Waals surface area contributed by atoms with Gasteiger partial charge < -0.3 is 10.1 Å². The van der Waals surface area contributed by atoms with E-state index in [1.165, 1.54) is 26.1 Å². The van der Waals surface area contributed by atoms with Crippen LogP contribution in [0.2, 0.25) is 0 Å². The van der Waals surface area contributed by atoms with E-state index in [1.54, 1.807) is 31.2 Å². The maximum absolute atomic E-state index is 13.6. The van der Waals surface area contributed by atoms with Gasteiger partial charge in [-0.25, -0.2) is 9.07 Å². The Morgan fingerprint density at radius 1 is 1.12 bits per heavy atom. The highest BCUT2D eigenvalue weighted by atomic mass is 19.4. The Morgan fingerprint density at radius 3 is 2.34 bits per heavy atom. The molecule has 1 amide bonds. The summed E-state index contributed by atoms with van der Waals surface area (Å²) >= 11 is 0. The minimum atomic E-state index is -4.93. The number of rotatable bonds is 6. The standard InChI is InChI=1S/C22H19F4N3O3/c1-12(14-7-9-15(10-8-14)13(2)30)27-20(31)18-19(22(24,25)26)28-29(3)21(18)32-17-6-4-5-16(23)11-17/h4-12H,1-3H3,(H,27,31)/t12-/m0/s1. The molecule has 6 nitrogen and oxygen atoms in total. The van der Waals surface area contributed by atoms with Crippen LogP contribution in [0, 0.1) is 5.82 Å². The monoisotopic (exact) mass is 449 g/mol. The molecule has 0 spiro atoms. The first-order valence-corrected chi connectivity index (χ1v) is 9.46. The SMILES string of the molecule is CC(=O)c1ccc([C@H](C)NC(=O)c2c(C(F)(F)F)nn(C)c2Oc2cccc(F)c2)cc1. The highest BCUT2D eigenvalue weighted by Crippen LogP contribution is 2.37. The predicted molar refractivity (Wildman–Crippen MR) is 107 cm³/mol. The van der Waals surface area contributed by atoms with Crippen molar-refractivity contribution in [2.45, 2.75) is 26.1 Å². The van der Waals surface area contributed by atoms with E-state index in [4.69, 9.17) is 4.74 Å². The molecule has 10 heteroatoms. The van der Waals surface area contributed by atoms with E-state index in [0.717, 1.165) is 16.8 Å². The summed E-state index contributed by atoms with van der Waals surface area (Å²) in [6, 6.07) is 10.4. The van der Waals surface area contributed by atoms with Gasteiger partial charge in [0.1, 0.15) is 17.1 Å². The maximum atomic E-state index is 13.6. The third-order valence-corrected chi connectivity index (χ3v) is 4.67. The molecule has 0 aliphatic heterocycles. The van der Waals surface area contributed by atoms with Crippen LogP contribution in [0.1, 0.15) is 51.9 Å². The maximum Gasteiger partial charge on any atom is 0.436 e. The number of alkyl halides is 3. The summed E-state index contributed by atoms with van der Waals surface area (Å²) in [7, 11) is 1.19. The van der Waals surface area contributed by atoms with Gasteiger partial charge >= 0.3 is 6.18 Å². The van der Waals surface area contributed by atoms with E-state index in [1.807, 2.05) is 0 Å². The minimum absolute atomic E-state index is 0.0938. The molecule has 0 saturated carbocycles. The molecule has 32 heavy (non-hydrogen) atoms. The normalized spacial score (nSPS) is 12.3. The minimum Gasteiger partial charge on any atom is -0.438 e. The van der Waals surface area contributed by atoms with Crippen molar-refractivity contribution in [3.8, 4) is 11.6 Å². The molecule has 2 aromatic carbocycles. The number of amides is 1. The van der Waals surface area contributed by atoms with Crippen LogP contribution in [0.3, 0.4) is 0 Å². The number of carbonyl (C=O) groups is 2. The third-order valence-electron chi connectivity index (χ3n) is 4.67. The number of aryl methyl sites for hydroxylation is 1. The zero-order valence-corrected chi connectivity index (χ0v) is 17.3. The van der Waals surface area contributed by atoms with Crippen molar-refractivity contribution >= 4 is 11.7 Å². The van der Waals surface area contributed by atoms with Crippen molar-refractivity contribution in [1.29, 1.82) is 0 Å². The largest absolute Gasteiger partial charge is 0.438 e. The first-order chi connectivity index (χ1) is 15.0. The summed E-state index contributed by atoms with van der Waals surface area (Å²) in [4.78, 5) is 24.3. The molecule has 1 atom stereocenters. The van der Waals surface area contributed by atoms with E-state index < -0.39 is 41.1 Å².